The van der Waals surface area contributed by atoms with Crippen molar-refractivity contribution in [3.63, 3.8) is 0 Å². The first-order chi connectivity index (χ1) is 9.47. The summed E-state index contributed by atoms with van der Waals surface area (Å²) in [6.45, 7) is 5.88. The van der Waals surface area contributed by atoms with Crippen LogP contribution in [0, 0.1) is 11.6 Å². The smallest absolute Gasteiger partial charge is 0.184 e. The molecule has 0 amide bonds. The molecule has 0 aliphatic rings. The third-order valence-electron chi connectivity index (χ3n) is 3.54. The van der Waals surface area contributed by atoms with E-state index < -0.39 is 11.6 Å². The van der Waals surface area contributed by atoms with Crippen LogP contribution in [0.4, 0.5) is 8.78 Å². The summed E-state index contributed by atoms with van der Waals surface area (Å²) in [6.07, 6.45) is 2.96. The van der Waals surface area contributed by atoms with Gasteiger partial charge in [0.2, 0.25) is 0 Å². The molecule has 1 heterocycles. The number of hydrogen-bond donors (Lipinski definition) is 0. The van der Waals surface area contributed by atoms with Crippen molar-refractivity contribution in [2.45, 2.75) is 51.5 Å². The maximum absolute atomic E-state index is 14.1. The van der Waals surface area contributed by atoms with Crippen LogP contribution in [0.1, 0.15) is 57.3 Å². The molecule has 110 valence electrons. The first-order valence-corrected chi connectivity index (χ1v) is 7.40. The molecule has 1 aromatic heterocycles. The summed E-state index contributed by atoms with van der Waals surface area (Å²) < 4.78 is 29.4. The van der Waals surface area contributed by atoms with Gasteiger partial charge in [-0.1, -0.05) is 19.8 Å². The molecule has 2 atom stereocenters. The third kappa shape index (κ3) is 2.66. The molecule has 2 unspecified atom stereocenters. The molecule has 5 heteroatoms. The second-order valence-electron chi connectivity index (χ2n) is 5.18. The Hall–Kier alpha value is -1.16. The fraction of sp³-hybridized carbons (Fsp3) is 0.533. The molecule has 0 bridgehead atoms. The first kappa shape index (κ1) is 15.2. The van der Waals surface area contributed by atoms with Crippen molar-refractivity contribution < 1.29 is 8.78 Å². The normalized spacial score (nSPS) is 14.7. The zero-order chi connectivity index (χ0) is 14.9. The lowest BCUT2D eigenvalue weighted by molar-refractivity contribution is 0.465. The maximum Gasteiger partial charge on any atom is 0.184 e. The van der Waals surface area contributed by atoms with Gasteiger partial charge in [-0.15, -0.1) is 11.6 Å². The fourth-order valence-corrected chi connectivity index (χ4v) is 2.65. The van der Waals surface area contributed by atoms with Crippen LogP contribution in [0.15, 0.2) is 12.1 Å². The van der Waals surface area contributed by atoms with Gasteiger partial charge in [0, 0.05) is 6.04 Å². The topological polar surface area (TPSA) is 17.8 Å². The molecule has 2 nitrogen and oxygen atoms in total. The van der Waals surface area contributed by atoms with Gasteiger partial charge in [0.1, 0.15) is 11.3 Å². The van der Waals surface area contributed by atoms with E-state index in [9.17, 15) is 8.78 Å². The monoisotopic (exact) mass is 300 g/mol. The van der Waals surface area contributed by atoms with E-state index in [0.29, 0.717) is 11.3 Å². The Bertz CT molecular complexity index is 607. The molecule has 0 N–H and O–H groups in total. The third-order valence-corrected chi connectivity index (χ3v) is 3.74. The van der Waals surface area contributed by atoms with Crippen LogP contribution < -0.4 is 0 Å². The van der Waals surface area contributed by atoms with E-state index in [4.69, 9.17) is 11.6 Å². The summed E-state index contributed by atoms with van der Waals surface area (Å²) in [4.78, 5) is 4.37. The Morgan fingerprint density at radius 2 is 2.00 bits per heavy atom. The summed E-state index contributed by atoms with van der Waals surface area (Å²) in [5.74, 6) is -1.10. The minimum atomic E-state index is -0.852. The van der Waals surface area contributed by atoms with Crippen molar-refractivity contribution in [1.29, 1.82) is 0 Å². The van der Waals surface area contributed by atoms with Crippen LogP contribution >= 0.6 is 11.6 Å². The second-order valence-corrected chi connectivity index (χ2v) is 5.83. The van der Waals surface area contributed by atoms with Crippen molar-refractivity contribution in [3.8, 4) is 0 Å². The van der Waals surface area contributed by atoms with Crippen molar-refractivity contribution in [1.82, 2.24) is 9.55 Å². The van der Waals surface area contributed by atoms with Crippen molar-refractivity contribution in [3.05, 3.63) is 29.6 Å². The molecular formula is C15H19ClF2N2. The van der Waals surface area contributed by atoms with E-state index in [1.165, 1.54) is 6.07 Å². The Morgan fingerprint density at radius 1 is 1.30 bits per heavy atom. The number of hydrogen-bond acceptors (Lipinski definition) is 1. The van der Waals surface area contributed by atoms with E-state index >= 15 is 0 Å². The molecule has 2 rings (SSSR count). The average molecular weight is 301 g/mol. The lowest BCUT2D eigenvalue weighted by Crippen LogP contribution is -2.11. The number of rotatable bonds is 5. The minimum absolute atomic E-state index is 0.0347. The SMILES string of the molecule is CCCCC(C)n1c(C(C)Cl)nc2ccc(F)c(F)c21. The molecule has 0 saturated carbocycles. The van der Waals surface area contributed by atoms with Crippen LogP contribution in [0.3, 0.4) is 0 Å². The van der Waals surface area contributed by atoms with Gasteiger partial charge in [0.25, 0.3) is 0 Å². The average Bonchev–Trinajstić information content (AvgIpc) is 2.80. The first-order valence-electron chi connectivity index (χ1n) is 6.97. The number of benzene rings is 1. The number of imidazole rings is 1. The number of aromatic nitrogens is 2. The van der Waals surface area contributed by atoms with Gasteiger partial charge in [0.15, 0.2) is 11.6 Å². The van der Waals surface area contributed by atoms with Gasteiger partial charge in [-0.2, -0.15) is 0 Å². The zero-order valence-corrected chi connectivity index (χ0v) is 12.7. The van der Waals surface area contributed by atoms with Crippen molar-refractivity contribution in [2.75, 3.05) is 0 Å². The Kier molecular flexibility index (Phi) is 4.63. The highest BCUT2D eigenvalue weighted by atomic mass is 35.5. The largest absolute Gasteiger partial charge is 0.321 e. The van der Waals surface area contributed by atoms with Crippen molar-refractivity contribution in [2.24, 2.45) is 0 Å². The molecule has 1 aromatic carbocycles. The number of fused-ring (bicyclic) bond motifs is 1. The zero-order valence-electron chi connectivity index (χ0n) is 12.0. The van der Waals surface area contributed by atoms with Crippen molar-refractivity contribution >= 4 is 22.6 Å². The van der Waals surface area contributed by atoms with Gasteiger partial charge < -0.3 is 4.57 Å². The maximum atomic E-state index is 14.1. The van der Waals surface area contributed by atoms with Gasteiger partial charge >= 0.3 is 0 Å². The molecule has 0 fully saturated rings. The van der Waals surface area contributed by atoms with Crippen LogP contribution in [0.2, 0.25) is 0 Å². The van der Waals surface area contributed by atoms with Gasteiger partial charge in [0.05, 0.1) is 10.9 Å². The van der Waals surface area contributed by atoms with E-state index in [2.05, 4.69) is 11.9 Å². The lowest BCUT2D eigenvalue weighted by Gasteiger charge is -2.18. The molecule has 0 saturated heterocycles. The van der Waals surface area contributed by atoms with Crippen LogP contribution in [-0.2, 0) is 0 Å². The number of halogens is 3. The molecule has 0 aliphatic carbocycles. The Labute approximate surface area is 122 Å². The molecule has 0 spiro atoms. The Morgan fingerprint density at radius 3 is 2.60 bits per heavy atom. The highest BCUT2D eigenvalue weighted by Gasteiger charge is 2.22. The highest BCUT2D eigenvalue weighted by molar-refractivity contribution is 6.20. The molecule has 0 radical (unpaired) electrons. The van der Waals surface area contributed by atoms with Gasteiger partial charge in [-0.05, 0) is 32.4 Å². The summed E-state index contributed by atoms with van der Waals surface area (Å²) in [7, 11) is 0. The molecule has 20 heavy (non-hydrogen) atoms. The lowest BCUT2D eigenvalue weighted by atomic mass is 10.1. The predicted octanol–water partition coefficient (Wildman–Crippen LogP) is 5.37. The minimum Gasteiger partial charge on any atom is -0.321 e. The summed E-state index contributed by atoms with van der Waals surface area (Å²) in [5.41, 5.74) is 0.672. The predicted molar refractivity (Wildman–Crippen MR) is 78.2 cm³/mol. The van der Waals surface area contributed by atoms with Crippen LogP contribution in [0.25, 0.3) is 11.0 Å². The standard InChI is InChI=1S/C15H19ClF2N2/c1-4-5-6-9(2)20-14-12(19-15(20)10(3)16)8-7-11(17)13(14)18/h7-10H,4-6H2,1-3H3. The number of nitrogens with zero attached hydrogens (tertiary/aromatic N) is 2. The molecule has 0 aliphatic heterocycles. The van der Waals surface area contributed by atoms with E-state index in [1.54, 1.807) is 11.5 Å². The summed E-state index contributed by atoms with van der Waals surface area (Å²) in [6, 6.07) is 2.64. The van der Waals surface area contributed by atoms with E-state index in [-0.39, 0.29) is 16.9 Å². The molecular weight excluding hydrogens is 282 g/mol. The van der Waals surface area contributed by atoms with E-state index in [1.807, 2.05) is 6.92 Å². The Balaban J connectivity index is 2.63. The van der Waals surface area contributed by atoms with E-state index in [0.717, 1.165) is 25.3 Å². The summed E-state index contributed by atoms with van der Waals surface area (Å²) in [5, 5.41) is -0.353. The van der Waals surface area contributed by atoms with Crippen LogP contribution in [0.5, 0.6) is 0 Å². The number of alkyl halides is 1. The summed E-state index contributed by atoms with van der Waals surface area (Å²) >= 11 is 6.15. The second kappa shape index (κ2) is 6.08. The number of unbranched alkanes of at least 4 members (excludes halogenated alkanes) is 1. The highest BCUT2D eigenvalue weighted by Crippen LogP contribution is 2.32. The van der Waals surface area contributed by atoms with Gasteiger partial charge in [-0.25, -0.2) is 13.8 Å². The fourth-order valence-electron chi connectivity index (χ4n) is 2.50. The molecule has 2 aromatic rings. The quantitative estimate of drug-likeness (QED) is 0.679. The van der Waals surface area contributed by atoms with Crippen LogP contribution in [-0.4, -0.2) is 9.55 Å². The van der Waals surface area contributed by atoms with Gasteiger partial charge in [-0.3, -0.25) is 0 Å².